The molecule has 0 fully saturated rings. The van der Waals surface area contributed by atoms with Crippen LogP contribution in [0.25, 0.3) is 0 Å². The van der Waals surface area contributed by atoms with E-state index < -0.39 is 9.28 Å². The summed E-state index contributed by atoms with van der Waals surface area (Å²) in [6.45, 7) is 0.635. The van der Waals surface area contributed by atoms with E-state index in [1.807, 2.05) is 18.2 Å². The summed E-state index contributed by atoms with van der Waals surface area (Å²) in [6, 6.07) is 32.6. The Morgan fingerprint density at radius 2 is 1.20 bits per heavy atom. The molecular formula is C21H24O2Si2. The largest absolute Gasteiger partial charge is 0.447 e. The zero-order valence-electron chi connectivity index (χ0n) is 14.5. The Kier molecular flexibility index (Phi) is 6.76. The van der Waals surface area contributed by atoms with Crippen molar-refractivity contribution in [1.82, 2.24) is 0 Å². The molecule has 0 amide bonds. The Balaban J connectivity index is 1.74. The molecule has 0 aromatic heterocycles. The molecule has 0 N–H and O–H groups in total. The molecule has 3 rings (SSSR count). The molecule has 4 heteroatoms. The summed E-state index contributed by atoms with van der Waals surface area (Å²) >= 11 is 0. The lowest BCUT2D eigenvalue weighted by molar-refractivity contribution is 0.257. The fraction of sp³-hybridized carbons (Fsp3) is 0.143. The molecule has 0 saturated heterocycles. The third kappa shape index (κ3) is 5.24. The minimum absolute atomic E-state index is 0.323. The van der Waals surface area contributed by atoms with Crippen LogP contribution in [0.5, 0.6) is 0 Å². The minimum Gasteiger partial charge on any atom is -0.447 e. The van der Waals surface area contributed by atoms with Gasteiger partial charge >= 0.3 is 9.28 Å². The molecule has 3 aromatic carbocycles. The van der Waals surface area contributed by atoms with Crippen LogP contribution < -0.4 is 0 Å². The van der Waals surface area contributed by atoms with Gasteiger partial charge < -0.3 is 8.54 Å². The summed E-state index contributed by atoms with van der Waals surface area (Å²) in [7, 11) is -1.00. The van der Waals surface area contributed by atoms with E-state index in [0.717, 1.165) is 6.04 Å². The monoisotopic (exact) mass is 364 g/mol. The van der Waals surface area contributed by atoms with E-state index in [1.165, 1.54) is 16.7 Å². The number of benzene rings is 3. The maximum absolute atomic E-state index is 6.20. The van der Waals surface area contributed by atoms with Gasteiger partial charge in [0.05, 0.1) is 6.61 Å². The van der Waals surface area contributed by atoms with Gasteiger partial charge in [0.1, 0.15) is 10.5 Å². The Hall–Kier alpha value is -1.99. The van der Waals surface area contributed by atoms with E-state index in [-0.39, 0.29) is 0 Å². The van der Waals surface area contributed by atoms with Crippen molar-refractivity contribution in [2.24, 2.45) is 0 Å². The first-order valence-electron chi connectivity index (χ1n) is 8.65. The van der Waals surface area contributed by atoms with Gasteiger partial charge in [0.15, 0.2) is 0 Å². The van der Waals surface area contributed by atoms with Gasteiger partial charge in [0.2, 0.25) is 0 Å². The van der Waals surface area contributed by atoms with Gasteiger partial charge in [-0.2, -0.15) is 0 Å². The van der Waals surface area contributed by atoms with E-state index in [0.29, 0.717) is 23.0 Å². The van der Waals surface area contributed by atoms with Crippen LogP contribution in [-0.4, -0.2) is 19.8 Å². The summed E-state index contributed by atoms with van der Waals surface area (Å²) < 4.78 is 12.1. The van der Waals surface area contributed by atoms with Crippen LogP contribution in [0.1, 0.15) is 22.6 Å². The number of hydrogen-bond donors (Lipinski definition) is 0. The first-order chi connectivity index (χ1) is 12.4. The van der Waals surface area contributed by atoms with Crippen LogP contribution in [0.3, 0.4) is 0 Å². The Bertz CT molecular complexity index is 696. The fourth-order valence-corrected chi connectivity index (χ4v) is 5.78. The van der Waals surface area contributed by atoms with Crippen LogP contribution >= 0.6 is 0 Å². The molecule has 0 heterocycles. The first-order valence-corrected chi connectivity index (χ1v) is 11.2. The lowest BCUT2D eigenvalue weighted by Gasteiger charge is -2.23. The Morgan fingerprint density at radius 3 is 1.68 bits per heavy atom. The minimum atomic E-state index is -1.72. The smallest absolute Gasteiger partial charge is 0.311 e. The molecule has 25 heavy (non-hydrogen) atoms. The van der Waals surface area contributed by atoms with Crippen molar-refractivity contribution in [2.45, 2.75) is 18.6 Å². The third-order valence-electron chi connectivity index (χ3n) is 4.37. The molecule has 0 radical (unpaired) electrons. The summed E-state index contributed by atoms with van der Waals surface area (Å²) in [5, 5.41) is 0. The van der Waals surface area contributed by atoms with Gasteiger partial charge in [-0.1, -0.05) is 91.0 Å². The van der Waals surface area contributed by atoms with Gasteiger partial charge in [0, 0.05) is 5.92 Å². The molecule has 0 spiro atoms. The summed E-state index contributed by atoms with van der Waals surface area (Å²) in [6.07, 6.45) is 0. The Labute approximate surface area is 154 Å². The van der Waals surface area contributed by atoms with E-state index in [4.69, 9.17) is 8.54 Å². The maximum Gasteiger partial charge on any atom is 0.311 e. The van der Waals surface area contributed by atoms with Gasteiger partial charge in [-0.05, 0) is 22.7 Å². The topological polar surface area (TPSA) is 18.5 Å². The van der Waals surface area contributed by atoms with Crippen molar-refractivity contribution in [2.75, 3.05) is 0 Å². The van der Waals surface area contributed by atoms with Crippen LogP contribution in [-0.2, 0) is 15.1 Å². The van der Waals surface area contributed by atoms with Crippen molar-refractivity contribution in [1.29, 1.82) is 0 Å². The Morgan fingerprint density at radius 1 is 0.720 bits per heavy atom. The molecule has 0 aliphatic rings. The quantitative estimate of drug-likeness (QED) is 0.569. The molecule has 0 saturated carbocycles. The van der Waals surface area contributed by atoms with Crippen LogP contribution in [0.15, 0.2) is 91.0 Å². The number of hydrogen-bond acceptors (Lipinski definition) is 2. The summed E-state index contributed by atoms with van der Waals surface area (Å²) in [4.78, 5) is 0. The predicted octanol–water partition coefficient (Wildman–Crippen LogP) is 3.55. The molecule has 128 valence electrons. The first kappa shape index (κ1) is 17.8. The zero-order chi connectivity index (χ0) is 17.3. The van der Waals surface area contributed by atoms with E-state index in [9.17, 15) is 0 Å². The molecular weight excluding hydrogens is 340 g/mol. The number of rotatable bonds is 8. The highest BCUT2D eigenvalue weighted by molar-refractivity contribution is 6.49. The lowest BCUT2D eigenvalue weighted by atomic mass is 9.93. The molecule has 0 aliphatic heterocycles. The zero-order valence-corrected chi connectivity index (χ0v) is 17.7. The second-order valence-corrected chi connectivity index (χ2v) is 9.62. The van der Waals surface area contributed by atoms with Gasteiger partial charge in [-0.25, -0.2) is 0 Å². The van der Waals surface area contributed by atoms with Crippen molar-refractivity contribution in [3.05, 3.63) is 108 Å². The summed E-state index contributed by atoms with van der Waals surface area (Å²) in [5.74, 6) is 0.323. The normalized spacial score (nSPS) is 12.4. The molecule has 0 aliphatic carbocycles. The van der Waals surface area contributed by atoms with Gasteiger partial charge in [-0.15, -0.1) is 0 Å². The highest BCUT2D eigenvalue weighted by Crippen LogP contribution is 2.30. The molecule has 0 bridgehead atoms. The van der Waals surface area contributed by atoms with E-state index >= 15 is 0 Å². The molecule has 2 nitrogen and oxygen atoms in total. The van der Waals surface area contributed by atoms with Crippen molar-refractivity contribution >= 4 is 19.8 Å². The second-order valence-electron chi connectivity index (χ2n) is 6.07. The average Bonchev–Trinajstić information content (AvgIpc) is 2.70. The average molecular weight is 365 g/mol. The highest BCUT2D eigenvalue weighted by atomic mass is 28.3. The highest BCUT2D eigenvalue weighted by Gasteiger charge is 2.22. The predicted molar refractivity (Wildman–Crippen MR) is 109 cm³/mol. The molecule has 1 unspecified atom stereocenters. The standard InChI is InChI=1S/C21H24O2Si2/c24-23-25(22-16-18-10-4-1-5-11-18)17-21(19-12-6-2-7-13-19)20-14-8-3-9-15-20/h1-15,21,25H,16-17H2,24H3. The maximum atomic E-state index is 6.20. The van der Waals surface area contributed by atoms with Crippen LogP contribution in [0.4, 0.5) is 0 Å². The van der Waals surface area contributed by atoms with Crippen molar-refractivity contribution in [3.63, 3.8) is 0 Å². The SMILES string of the molecule is [SiH3]O[SiH](CC(c1ccccc1)c1ccccc1)OCc1ccccc1. The molecule has 3 aromatic rings. The van der Waals surface area contributed by atoms with Crippen molar-refractivity contribution < 1.29 is 8.54 Å². The van der Waals surface area contributed by atoms with Crippen molar-refractivity contribution in [3.8, 4) is 0 Å². The molecule has 1 atom stereocenters. The second kappa shape index (κ2) is 9.48. The van der Waals surface area contributed by atoms with Crippen LogP contribution in [0.2, 0.25) is 6.04 Å². The van der Waals surface area contributed by atoms with E-state index in [2.05, 4.69) is 72.8 Å². The third-order valence-corrected chi connectivity index (χ3v) is 7.87. The van der Waals surface area contributed by atoms with Gasteiger partial charge in [0.25, 0.3) is 0 Å². The fourth-order valence-electron chi connectivity index (χ4n) is 3.02. The summed E-state index contributed by atoms with van der Waals surface area (Å²) in [5.41, 5.74) is 3.86. The lowest BCUT2D eigenvalue weighted by Crippen LogP contribution is -2.24. The van der Waals surface area contributed by atoms with Gasteiger partial charge in [-0.3, -0.25) is 0 Å². The van der Waals surface area contributed by atoms with Crippen LogP contribution in [0, 0.1) is 0 Å². The van der Waals surface area contributed by atoms with E-state index in [1.54, 1.807) is 0 Å².